The van der Waals surface area contributed by atoms with Crippen molar-refractivity contribution in [2.45, 2.75) is 27.3 Å². The third-order valence-corrected chi connectivity index (χ3v) is 5.84. The fourth-order valence-corrected chi connectivity index (χ4v) is 4.35. The van der Waals surface area contributed by atoms with Gasteiger partial charge in [-0.15, -0.1) is 0 Å². The maximum atomic E-state index is 13.0. The minimum absolute atomic E-state index is 0.369. The third kappa shape index (κ3) is 4.52. The quantitative estimate of drug-likeness (QED) is 0.546. The highest BCUT2D eigenvalue weighted by atomic mass is 32.1. The molecule has 7 heteroatoms. The highest BCUT2D eigenvalue weighted by molar-refractivity contribution is 7.16. The van der Waals surface area contributed by atoms with Gasteiger partial charge in [0.2, 0.25) is 0 Å². The molecule has 0 aliphatic carbocycles. The lowest BCUT2D eigenvalue weighted by Gasteiger charge is -2.08. The van der Waals surface area contributed by atoms with E-state index in [9.17, 15) is 4.79 Å². The lowest BCUT2D eigenvalue weighted by molar-refractivity contribution is 0.0993. The molecule has 0 saturated heterocycles. The Labute approximate surface area is 174 Å². The number of fused-ring (bicyclic) bond motifs is 1. The van der Waals surface area contributed by atoms with Crippen molar-refractivity contribution >= 4 is 27.5 Å². The Bertz CT molecular complexity index is 1100. The van der Waals surface area contributed by atoms with E-state index < -0.39 is 0 Å². The van der Waals surface area contributed by atoms with Crippen LogP contribution in [0.3, 0.4) is 0 Å². The Balaban J connectivity index is 2.15. The summed E-state index contributed by atoms with van der Waals surface area (Å²) in [6.45, 7) is 7.94. The van der Waals surface area contributed by atoms with Gasteiger partial charge in [0.05, 0.1) is 36.6 Å². The second-order valence-corrected chi connectivity index (χ2v) is 7.62. The van der Waals surface area contributed by atoms with Crippen LogP contribution in [0.5, 0.6) is 11.5 Å². The van der Waals surface area contributed by atoms with E-state index in [-0.39, 0.29) is 5.91 Å². The molecular formula is C22H26N2O4S. The Morgan fingerprint density at radius 3 is 2.62 bits per heavy atom. The lowest BCUT2D eigenvalue weighted by Crippen LogP contribution is -2.20. The fraction of sp³-hybridized carbons (Fsp3) is 0.364. The molecule has 3 rings (SSSR count). The van der Waals surface area contributed by atoms with Crippen LogP contribution in [0.25, 0.3) is 10.2 Å². The van der Waals surface area contributed by atoms with Crippen molar-refractivity contribution in [1.29, 1.82) is 0 Å². The number of methoxy groups -OCH3 is 2. The molecule has 154 valence electrons. The second kappa shape index (κ2) is 9.24. The van der Waals surface area contributed by atoms with Crippen LogP contribution in [0.1, 0.15) is 28.4 Å². The number of carbonyl (C=O) groups is 1. The van der Waals surface area contributed by atoms with Crippen LogP contribution < -0.4 is 14.3 Å². The highest BCUT2D eigenvalue weighted by Crippen LogP contribution is 2.26. The van der Waals surface area contributed by atoms with Crippen LogP contribution in [-0.2, 0) is 11.3 Å². The van der Waals surface area contributed by atoms with E-state index in [2.05, 4.69) is 35.5 Å². The summed E-state index contributed by atoms with van der Waals surface area (Å²) >= 11 is 1.51. The van der Waals surface area contributed by atoms with Gasteiger partial charge in [0.25, 0.3) is 5.91 Å². The van der Waals surface area contributed by atoms with Crippen LogP contribution in [0.4, 0.5) is 0 Å². The first kappa shape index (κ1) is 21.1. The van der Waals surface area contributed by atoms with E-state index in [1.54, 1.807) is 25.3 Å². The van der Waals surface area contributed by atoms with E-state index >= 15 is 0 Å². The van der Waals surface area contributed by atoms with E-state index in [0.29, 0.717) is 41.6 Å². The summed E-state index contributed by atoms with van der Waals surface area (Å²) in [5.74, 6) is 0.678. The molecule has 0 radical (unpaired) electrons. The first-order valence-corrected chi connectivity index (χ1v) is 10.3. The van der Waals surface area contributed by atoms with Gasteiger partial charge >= 0.3 is 0 Å². The smallest absolute Gasteiger partial charge is 0.283 e. The number of thiazole rings is 1. The molecule has 1 aromatic heterocycles. The number of hydrogen-bond donors (Lipinski definition) is 0. The summed E-state index contributed by atoms with van der Waals surface area (Å²) in [4.78, 5) is 18.1. The molecule has 3 aromatic rings. The predicted molar refractivity (Wildman–Crippen MR) is 115 cm³/mol. The first-order chi connectivity index (χ1) is 14.0. The van der Waals surface area contributed by atoms with Crippen LogP contribution in [-0.4, -0.2) is 37.9 Å². The van der Waals surface area contributed by atoms with Crippen molar-refractivity contribution in [3.05, 3.63) is 51.8 Å². The van der Waals surface area contributed by atoms with E-state index in [1.807, 2.05) is 6.92 Å². The summed E-state index contributed by atoms with van der Waals surface area (Å²) in [7, 11) is 3.10. The van der Waals surface area contributed by atoms with Gasteiger partial charge in [0, 0.05) is 13.2 Å². The van der Waals surface area contributed by atoms with E-state index in [1.165, 1.54) is 29.6 Å². The van der Waals surface area contributed by atoms with Crippen molar-refractivity contribution in [3.63, 3.8) is 0 Å². The van der Waals surface area contributed by atoms with Crippen LogP contribution in [0.15, 0.2) is 35.3 Å². The van der Waals surface area contributed by atoms with Crippen molar-refractivity contribution in [2.75, 3.05) is 27.4 Å². The molecule has 0 saturated carbocycles. The number of hydrogen-bond acceptors (Lipinski definition) is 5. The van der Waals surface area contributed by atoms with Gasteiger partial charge in [0.1, 0.15) is 11.5 Å². The number of rotatable bonds is 7. The maximum Gasteiger partial charge on any atom is 0.283 e. The minimum Gasteiger partial charge on any atom is -0.497 e. The molecule has 6 nitrogen and oxygen atoms in total. The summed E-state index contributed by atoms with van der Waals surface area (Å²) in [5, 5.41) is 0. The molecule has 0 spiro atoms. The monoisotopic (exact) mass is 414 g/mol. The number of aryl methyl sites for hydroxylation is 2. The van der Waals surface area contributed by atoms with Crippen molar-refractivity contribution in [2.24, 2.45) is 4.99 Å². The Hall–Kier alpha value is -2.64. The van der Waals surface area contributed by atoms with Gasteiger partial charge in [-0.25, -0.2) is 0 Å². The van der Waals surface area contributed by atoms with Crippen molar-refractivity contribution in [1.82, 2.24) is 4.57 Å². The van der Waals surface area contributed by atoms with Gasteiger partial charge < -0.3 is 18.8 Å². The first-order valence-electron chi connectivity index (χ1n) is 9.47. The third-order valence-electron chi connectivity index (χ3n) is 4.61. The standard InChI is InChI=1S/C22H26N2O4S/c1-6-28-10-9-24-18-12-14(2)11-15(3)20(18)29-22(24)23-21(25)17-13-16(26-4)7-8-19(17)27-5/h7-8,11-13H,6,9-10H2,1-5H3. The minimum atomic E-state index is -0.369. The van der Waals surface area contributed by atoms with Gasteiger partial charge in [-0.3, -0.25) is 4.79 Å². The zero-order valence-electron chi connectivity index (χ0n) is 17.4. The molecule has 2 aromatic carbocycles. The predicted octanol–water partition coefficient (Wildman–Crippen LogP) is 4.11. The van der Waals surface area contributed by atoms with Crippen LogP contribution >= 0.6 is 11.3 Å². The van der Waals surface area contributed by atoms with Crippen LogP contribution in [0, 0.1) is 13.8 Å². The molecule has 0 aliphatic rings. The molecule has 1 heterocycles. The summed E-state index contributed by atoms with van der Waals surface area (Å²) < 4.78 is 19.3. The molecule has 0 atom stereocenters. The number of amides is 1. The van der Waals surface area contributed by atoms with Gasteiger partial charge in [0.15, 0.2) is 4.80 Å². The maximum absolute atomic E-state index is 13.0. The highest BCUT2D eigenvalue weighted by Gasteiger charge is 2.15. The summed E-state index contributed by atoms with van der Waals surface area (Å²) in [6, 6.07) is 9.38. The zero-order valence-corrected chi connectivity index (χ0v) is 18.3. The van der Waals surface area contributed by atoms with Gasteiger partial charge in [-0.05, 0) is 56.2 Å². The molecule has 0 N–H and O–H groups in total. The second-order valence-electron chi connectivity index (χ2n) is 6.65. The molecular weight excluding hydrogens is 388 g/mol. The fourth-order valence-electron chi connectivity index (χ4n) is 3.24. The Morgan fingerprint density at radius 1 is 1.14 bits per heavy atom. The zero-order chi connectivity index (χ0) is 21.0. The molecule has 29 heavy (non-hydrogen) atoms. The van der Waals surface area contributed by atoms with E-state index in [4.69, 9.17) is 14.2 Å². The molecule has 1 amide bonds. The van der Waals surface area contributed by atoms with Crippen LogP contribution in [0.2, 0.25) is 0 Å². The average molecular weight is 415 g/mol. The molecule has 0 bridgehead atoms. The number of nitrogens with zero attached hydrogens (tertiary/aromatic N) is 2. The van der Waals surface area contributed by atoms with Crippen molar-refractivity contribution < 1.29 is 19.0 Å². The Kier molecular flexibility index (Phi) is 6.71. The molecule has 0 unspecified atom stereocenters. The van der Waals surface area contributed by atoms with E-state index in [0.717, 1.165) is 10.2 Å². The molecule has 0 fully saturated rings. The molecule has 0 aliphatic heterocycles. The summed E-state index contributed by atoms with van der Waals surface area (Å²) in [5.41, 5.74) is 3.78. The number of benzene rings is 2. The lowest BCUT2D eigenvalue weighted by atomic mass is 10.1. The number of ether oxygens (including phenoxy) is 3. The Morgan fingerprint density at radius 2 is 1.93 bits per heavy atom. The summed E-state index contributed by atoms with van der Waals surface area (Å²) in [6.07, 6.45) is 0. The number of aromatic nitrogens is 1. The SMILES string of the molecule is CCOCCn1c(=NC(=O)c2cc(OC)ccc2OC)sc2c(C)cc(C)cc21. The normalized spacial score (nSPS) is 11.8. The van der Waals surface area contributed by atoms with Gasteiger partial charge in [-0.2, -0.15) is 4.99 Å². The largest absolute Gasteiger partial charge is 0.497 e. The van der Waals surface area contributed by atoms with Gasteiger partial charge in [-0.1, -0.05) is 17.4 Å². The average Bonchev–Trinajstić information content (AvgIpc) is 3.05. The topological polar surface area (TPSA) is 62.1 Å². The number of carbonyl (C=O) groups excluding carboxylic acids is 1. The van der Waals surface area contributed by atoms with Crippen molar-refractivity contribution in [3.8, 4) is 11.5 Å².